The number of aromatic nitrogens is 5. The minimum absolute atomic E-state index is 0.428. The van der Waals surface area contributed by atoms with Crippen molar-refractivity contribution in [3.05, 3.63) is 23.6 Å². The van der Waals surface area contributed by atoms with Gasteiger partial charge >= 0.3 is 0 Å². The fourth-order valence-electron chi connectivity index (χ4n) is 2.63. The summed E-state index contributed by atoms with van der Waals surface area (Å²) in [6, 6.07) is 0. The molecule has 1 unspecified atom stereocenters. The Labute approximate surface area is 137 Å². The number of nitrogens with one attached hydrogen (secondary N) is 4. The van der Waals surface area contributed by atoms with Gasteiger partial charge in [0.05, 0.1) is 28.9 Å². The molecule has 120 valence electrons. The predicted molar refractivity (Wildman–Crippen MR) is 87.2 cm³/mol. The van der Waals surface area contributed by atoms with Crippen molar-refractivity contribution < 1.29 is 4.74 Å². The minimum atomic E-state index is 0.428. The summed E-state index contributed by atoms with van der Waals surface area (Å²) in [6.07, 6.45) is 6.17. The van der Waals surface area contributed by atoms with E-state index < -0.39 is 0 Å². The lowest BCUT2D eigenvalue weighted by Gasteiger charge is -2.12. The molecule has 1 aliphatic heterocycles. The molecule has 4 N–H and O–H groups in total. The van der Waals surface area contributed by atoms with E-state index in [1.807, 2.05) is 0 Å². The van der Waals surface area contributed by atoms with Crippen LogP contribution in [0.1, 0.15) is 6.42 Å². The van der Waals surface area contributed by atoms with Crippen LogP contribution >= 0.6 is 11.6 Å². The lowest BCUT2D eigenvalue weighted by atomic mass is 10.1. The first kappa shape index (κ1) is 14.3. The SMILES string of the molecule is Clc1c[nH]c2nc(Nc3cn[nH]c3)nc(OCC3CCNC3)c12. The third-order valence-electron chi connectivity index (χ3n) is 3.82. The summed E-state index contributed by atoms with van der Waals surface area (Å²) in [5.74, 6) is 1.40. The van der Waals surface area contributed by atoms with Crippen LogP contribution in [0.15, 0.2) is 18.6 Å². The molecule has 3 aromatic rings. The van der Waals surface area contributed by atoms with E-state index in [4.69, 9.17) is 16.3 Å². The Morgan fingerprint density at radius 1 is 1.35 bits per heavy atom. The lowest BCUT2D eigenvalue weighted by molar-refractivity contribution is 0.254. The molecule has 4 rings (SSSR count). The number of anilines is 2. The Bertz CT molecular complexity index is 795. The predicted octanol–water partition coefficient (Wildman–Crippen LogP) is 2.07. The Morgan fingerprint density at radius 3 is 3.09 bits per heavy atom. The van der Waals surface area contributed by atoms with Gasteiger partial charge in [-0.3, -0.25) is 5.10 Å². The van der Waals surface area contributed by atoms with Gasteiger partial charge in [-0.05, 0) is 13.0 Å². The van der Waals surface area contributed by atoms with Gasteiger partial charge in [0, 0.05) is 24.9 Å². The van der Waals surface area contributed by atoms with Crippen LogP contribution in [-0.2, 0) is 0 Å². The molecule has 0 bridgehead atoms. The topological polar surface area (TPSA) is 104 Å². The molecule has 23 heavy (non-hydrogen) atoms. The molecular weight excluding hydrogens is 318 g/mol. The van der Waals surface area contributed by atoms with E-state index in [9.17, 15) is 0 Å². The molecule has 0 amide bonds. The number of aromatic amines is 2. The molecule has 0 radical (unpaired) electrons. The summed E-state index contributed by atoms with van der Waals surface area (Å²) in [6.45, 7) is 2.60. The van der Waals surface area contributed by atoms with Crippen molar-refractivity contribution in [3.63, 3.8) is 0 Å². The van der Waals surface area contributed by atoms with Crippen LogP contribution in [-0.4, -0.2) is 44.8 Å². The van der Waals surface area contributed by atoms with Gasteiger partial charge < -0.3 is 20.4 Å². The van der Waals surface area contributed by atoms with Crippen LogP contribution in [0.2, 0.25) is 5.02 Å². The highest BCUT2D eigenvalue weighted by molar-refractivity contribution is 6.35. The van der Waals surface area contributed by atoms with Gasteiger partial charge in [-0.2, -0.15) is 15.1 Å². The van der Waals surface area contributed by atoms with E-state index in [-0.39, 0.29) is 0 Å². The van der Waals surface area contributed by atoms with Gasteiger partial charge in [0.15, 0.2) is 0 Å². The van der Waals surface area contributed by atoms with Crippen molar-refractivity contribution in [1.82, 2.24) is 30.5 Å². The molecule has 1 aliphatic rings. The van der Waals surface area contributed by atoms with Gasteiger partial charge in [0.2, 0.25) is 11.8 Å². The fraction of sp³-hybridized carbons (Fsp3) is 0.357. The number of fused-ring (bicyclic) bond motifs is 1. The van der Waals surface area contributed by atoms with E-state index >= 15 is 0 Å². The molecule has 3 aromatic heterocycles. The zero-order valence-electron chi connectivity index (χ0n) is 12.3. The Hall–Kier alpha value is -2.32. The lowest BCUT2D eigenvalue weighted by Crippen LogP contribution is -2.16. The highest BCUT2D eigenvalue weighted by Gasteiger charge is 2.19. The van der Waals surface area contributed by atoms with Crippen LogP contribution < -0.4 is 15.4 Å². The maximum absolute atomic E-state index is 6.23. The van der Waals surface area contributed by atoms with E-state index in [2.05, 4.69) is 35.8 Å². The van der Waals surface area contributed by atoms with Gasteiger partial charge in [-0.15, -0.1) is 0 Å². The molecule has 0 aliphatic carbocycles. The number of rotatable bonds is 5. The molecule has 8 nitrogen and oxygen atoms in total. The summed E-state index contributed by atoms with van der Waals surface area (Å²) in [5.41, 5.74) is 1.41. The number of H-pyrrole nitrogens is 2. The second-order valence-corrected chi connectivity index (χ2v) is 5.90. The highest BCUT2D eigenvalue weighted by Crippen LogP contribution is 2.31. The van der Waals surface area contributed by atoms with Crippen molar-refractivity contribution >= 4 is 34.3 Å². The Kier molecular flexibility index (Phi) is 3.76. The summed E-state index contributed by atoms with van der Waals surface area (Å²) < 4.78 is 5.94. The van der Waals surface area contributed by atoms with E-state index in [1.165, 1.54) is 0 Å². The molecule has 0 spiro atoms. The van der Waals surface area contributed by atoms with Gasteiger partial charge in [0.25, 0.3) is 0 Å². The standard InChI is InChI=1S/C14H16ClN7O/c15-10-6-17-12-11(10)13(23-7-8-1-2-16-3-8)22-14(21-12)20-9-4-18-19-5-9/h4-6,8,16H,1-3,7H2,(H,18,19)(H2,17,20,21,22). The summed E-state index contributed by atoms with van der Waals surface area (Å²) in [7, 11) is 0. The highest BCUT2D eigenvalue weighted by atomic mass is 35.5. The normalized spacial score (nSPS) is 17.7. The largest absolute Gasteiger partial charge is 0.477 e. The number of ether oxygens (including phenoxy) is 1. The summed E-state index contributed by atoms with van der Waals surface area (Å²) in [4.78, 5) is 11.9. The second kappa shape index (κ2) is 6.05. The number of hydrogen-bond donors (Lipinski definition) is 4. The molecule has 9 heteroatoms. The van der Waals surface area contributed by atoms with Crippen molar-refractivity contribution in [2.45, 2.75) is 6.42 Å². The smallest absolute Gasteiger partial charge is 0.232 e. The first-order valence-electron chi connectivity index (χ1n) is 7.43. The third kappa shape index (κ3) is 2.95. The van der Waals surface area contributed by atoms with Crippen LogP contribution in [0, 0.1) is 5.92 Å². The van der Waals surface area contributed by atoms with Gasteiger partial charge in [-0.1, -0.05) is 11.6 Å². The first-order chi connectivity index (χ1) is 11.3. The molecule has 1 saturated heterocycles. The quantitative estimate of drug-likeness (QED) is 0.570. The summed E-state index contributed by atoms with van der Waals surface area (Å²) in [5, 5.41) is 14.3. The number of nitrogens with zero attached hydrogens (tertiary/aromatic N) is 3. The Morgan fingerprint density at radius 2 is 2.30 bits per heavy atom. The molecule has 1 atom stereocenters. The zero-order chi connectivity index (χ0) is 15.6. The van der Waals surface area contributed by atoms with Crippen LogP contribution in [0.3, 0.4) is 0 Å². The van der Waals surface area contributed by atoms with Crippen molar-refractivity contribution in [3.8, 4) is 5.88 Å². The maximum Gasteiger partial charge on any atom is 0.232 e. The second-order valence-electron chi connectivity index (χ2n) is 5.49. The van der Waals surface area contributed by atoms with Crippen LogP contribution in [0.25, 0.3) is 11.0 Å². The molecule has 4 heterocycles. The average Bonchev–Trinajstić information content (AvgIpc) is 3.28. The van der Waals surface area contributed by atoms with Crippen molar-refractivity contribution in [2.75, 3.05) is 25.0 Å². The molecular formula is C14H16ClN7O. The van der Waals surface area contributed by atoms with E-state index in [0.29, 0.717) is 40.4 Å². The summed E-state index contributed by atoms with van der Waals surface area (Å²) >= 11 is 6.23. The first-order valence-corrected chi connectivity index (χ1v) is 7.81. The third-order valence-corrected chi connectivity index (χ3v) is 4.12. The van der Waals surface area contributed by atoms with Crippen molar-refractivity contribution in [2.24, 2.45) is 5.92 Å². The minimum Gasteiger partial charge on any atom is -0.477 e. The maximum atomic E-state index is 6.23. The van der Waals surface area contributed by atoms with Gasteiger partial charge in [-0.25, -0.2) is 0 Å². The van der Waals surface area contributed by atoms with Crippen LogP contribution in [0.4, 0.5) is 11.6 Å². The Balaban J connectivity index is 1.63. The molecule has 1 fully saturated rings. The number of halogens is 1. The molecule has 0 saturated carbocycles. The molecule has 0 aromatic carbocycles. The zero-order valence-corrected chi connectivity index (χ0v) is 13.0. The average molecular weight is 334 g/mol. The van der Waals surface area contributed by atoms with Crippen molar-refractivity contribution in [1.29, 1.82) is 0 Å². The number of hydrogen-bond acceptors (Lipinski definition) is 6. The fourth-order valence-corrected chi connectivity index (χ4v) is 2.85. The monoisotopic (exact) mass is 333 g/mol. The van der Waals surface area contributed by atoms with Crippen LogP contribution in [0.5, 0.6) is 5.88 Å². The van der Waals surface area contributed by atoms with E-state index in [1.54, 1.807) is 18.6 Å². The van der Waals surface area contributed by atoms with Gasteiger partial charge in [0.1, 0.15) is 5.65 Å². The van der Waals surface area contributed by atoms with E-state index in [0.717, 1.165) is 25.2 Å².